The van der Waals surface area contributed by atoms with Gasteiger partial charge in [0, 0.05) is 0 Å². The molecule has 0 N–H and O–H groups in total. The molecule has 0 amide bonds. The van der Waals surface area contributed by atoms with E-state index >= 15 is 0 Å². The van der Waals surface area contributed by atoms with E-state index in [1.165, 1.54) is 10.8 Å². The predicted molar refractivity (Wildman–Crippen MR) is 57.3 cm³/mol. The molecule has 0 spiro atoms. The Bertz CT molecular complexity index is 338. The summed E-state index contributed by atoms with van der Waals surface area (Å²) in [5, 5.41) is 1.20. The van der Waals surface area contributed by atoms with Gasteiger partial charge in [0.2, 0.25) is 0 Å². The van der Waals surface area contributed by atoms with Crippen molar-refractivity contribution in [1.29, 1.82) is 0 Å². The summed E-state index contributed by atoms with van der Waals surface area (Å²) in [5.74, 6) is 0.581. The van der Waals surface area contributed by atoms with Crippen LogP contribution in [-0.4, -0.2) is 10.2 Å². The molecule has 13 heavy (non-hydrogen) atoms. The van der Waals surface area contributed by atoms with E-state index in [0.717, 1.165) is 6.42 Å². The van der Waals surface area contributed by atoms with Gasteiger partial charge in [-0.2, -0.15) is 0 Å². The van der Waals surface area contributed by atoms with Crippen LogP contribution < -0.4 is 5.19 Å². The van der Waals surface area contributed by atoms with Gasteiger partial charge in [-0.15, -0.1) is 0 Å². The largest absolute Gasteiger partial charge is 0.0773 e. The molecule has 1 aliphatic rings. The highest BCUT2D eigenvalue weighted by molar-refractivity contribution is 6.33. The lowest BCUT2D eigenvalue weighted by molar-refractivity contribution is 0.820. The van der Waals surface area contributed by atoms with E-state index < -0.39 is 0 Å². The van der Waals surface area contributed by atoms with E-state index in [4.69, 9.17) is 0 Å². The Kier molecular flexibility index (Phi) is 2.46. The van der Waals surface area contributed by atoms with Gasteiger partial charge in [0.1, 0.15) is 0 Å². The molecule has 3 radical (unpaired) electrons. The highest BCUT2D eigenvalue weighted by Gasteiger charge is 2.05. The number of hydrogen-bond acceptors (Lipinski definition) is 0. The first-order valence-electron chi connectivity index (χ1n) is 4.51. The summed E-state index contributed by atoms with van der Waals surface area (Å²) in [7, 11) is 3.61. The molecule has 1 aromatic rings. The molecule has 0 saturated heterocycles. The molecular weight excluding hydrogens is 172 g/mol. The van der Waals surface area contributed by atoms with Gasteiger partial charge in [-0.3, -0.25) is 0 Å². The second-order valence-corrected chi connectivity index (χ2v) is 3.83. The molecule has 0 unspecified atom stereocenters. The van der Waals surface area contributed by atoms with Crippen LogP contribution in [0.25, 0.3) is 0 Å². The van der Waals surface area contributed by atoms with Crippen LogP contribution in [0.3, 0.4) is 0 Å². The molecule has 0 fully saturated rings. The summed E-state index contributed by atoms with van der Waals surface area (Å²) in [6.45, 7) is 0. The van der Waals surface area contributed by atoms with E-state index in [0.29, 0.717) is 5.92 Å². The molecule has 1 heteroatoms. The first-order chi connectivity index (χ1) is 6.36. The first-order valence-corrected chi connectivity index (χ1v) is 5.01. The van der Waals surface area contributed by atoms with Gasteiger partial charge in [0.05, 0.1) is 10.2 Å². The molecule has 0 nitrogen and oxygen atoms in total. The lowest BCUT2D eigenvalue weighted by Crippen LogP contribution is -2.11. The minimum absolute atomic E-state index is 0.581. The second-order valence-electron chi connectivity index (χ2n) is 3.29. The van der Waals surface area contributed by atoms with E-state index in [1.54, 1.807) is 0 Å². The summed E-state index contributed by atoms with van der Waals surface area (Å²) < 4.78 is 0. The zero-order chi connectivity index (χ0) is 9.10. The Morgan fingerprint density at radius 3 is 2.46 bits per heavy atom. The molecule has 0 saturated carbocycles. The average molecular weight is 183 g/mol. The van der Waals surface area contributed by atoms with Gasteiger partial charge in [-0.05, 0) is 17.9 Å². The molecular formula is C12H11Si. The fourth-order valence-corrected chi connectivity index (χ4v) is 1.85. The number of allylic oxidation sites excluding steroid dienone is 4. The van der Waals surface area contributed by atoms with Crippen molar-refractivity contribution in [2.75, 3.05) is 0 Å². The third kappa shape index (κ3) is 1.98. The molecule has 2 rings (SSSR count). The number of benzene rings is 1. The summed E-state index contributed by atoms with van der Waals surface area (Å²) in [5.41, 5.74) is 1.38. The molecule has 63 valence electrons. The maximum atomic E-state index is 3.61. The van der Waals surface area contributed by atoms with Crippen LogP contribution in [0.1, 0.15) is 5.56 Å². The fraction of sp³-hybridized carbons (Fsp3) is 0.167. The average Bonchev–Trinajstić information content (AvgIpc) is 2.61. The summed E-state index contributed by atoms with van der Waals surface area (Å²) in [6, 6.07) is 8.39. The minimum atomic E-state index is 0.581. The van der Waals surface area contributed by atoms with Gasteiger partial charge in [0.15, 0.2) is 0 Å². The van der Waals surface area contributed by atoms with Gasteiger partial charge in [0.25, 0.3) is 0 Å². The molecule has 0 aliphatic heterocycles. The molecule has 0 heterocycles. The van der Waals surface area contributed by atoms with Crippen LogP contribution >= 0.6 is 0 Å². The standard InChI is InChI=1S/C12H11Si/c13-12-8-4-3-7-11(12)9-10-5-1-2-6-10/h1-8,10H,9H2. The van der Waals surface area contributed by atoms with Crippen LogP contribution in [-0.2, 0) is 6.42 Å². The maximum absolute atomic E-state index is 3.61. The normalized spacial score (nSPS) is 15.5. The lowest BCUT2D eigenvalue weighted by atomic mass is 10.0. The van der Waals surface area contributed by atoms with E-state index in [-0.39, 0.29) is 0 Å². The SMILES string of the molecule is [Si]c1ccccc1CC1C=CC=C1. The Morgan fingerprint density at radius 1 is 1.08 bits per heavy atom. The fourth-order valence-electron chi connectivity index (χ4n) is 1.57. The third-order valence-electron chi connectivity index (χ3n) is 2.30. The zero-order valence-electron chi connectivity index (χ0n) is 7.40. The van der Waals surface area contributed by atoms with Crippen molar-refractivity contribution in [3.05, 3.63) is 54.1 Å². The second kappa shape index (κ2) is 3.75. The zero-order valence-corrected chi connectivity index (χ0v) is 8.40. The number of rotatable bonds is 2. The van der Waals surface area contributed by atoms with Crippen LogP contribution in [0, 0.1) is 5.92 Å². The van der Waals surface area contributed by atoms with Crippen LogP contribution in [0.2, 0.25) is 0 Å². The van der Waals surface area contributed by atoms with Crippen molar-refractivity contribution in [1.82, 2.24) is 0 Å². The maximum Gasteiger partial charge on any atom is 0.0715 e. The summed E-state index contributed by atoms with van der Waals surface area (Å²) >= 11 is 0. The quantitative estimate of drug-likeness (QED) is 0.613. The van der Waals surface area contributed by atoms with Crippen molar-refractivity contribution in [2.45, 2.75) is 6.42 Å². The van der Waals surface area contributed by atoms with E-state index in [2.05, 4.69) is 52.7 Å². The first kappa shape index (κ1) is 8.51. The Balaban J connectivity index is 2.13. The van der Waals surface area contributed by atoms with Crippen molar-refractivity contribution < 1.29 is 0 Å². The van der Waals surface area contributed by atoms with Gasteiger partial charge >= 0.3 is 0 Å². The van der Waals surface area contributed by atoms with Crippen LogP contribution in [0.15, 0.2) is 48.6 Å². The Morgan fingerprint density at radius 2 is 1.77 bits per heavy atom. The van der Waals surface area contributed by atoms with Gasteiger partial charge < -0.3 is 0 Å². The van der Waals surface area contributed by atoms with Crippen molar-refractivity contribution in [3.8, 4) is 0 Å². The lowest BCUT2D eigenvalue weighted by Gasteiger charge is -2.07. The highest BCUT2D eigenvalue weighted by atomic mass is 28.1. The highest BCUT2D eigenvalue weighted by Crippen LogP contribution is 2.14. The van der Waals surface area contributed by atoms with E-state index in [9.17, 15) is 0 Å². The molecule has 1 aromatic carbocycles. The smallest absolute Gasteiger partial charge is 0.0715 e. The van der Waals surface area contributed by atoms with Crippen molar-refractivity contribution in [3.63, 3.8) is 0 Å². The Labute approximate surface area is 82.4 Å². The molecule has 0 aromatic heterocycles. The topological polar surface area (TPSA) is 0 Å². The predicted octanol–water partition coefficient (Wildman–Crippen LogP) is 1.77. The summed E-state index contributed by atoms with van der Waals surface area (Å²) in [6.07, 6.45) is 9.78. The molecule has 0 bridgehead atoms. The molecule has 0 atom stereocenters. The molecule has 1 aliphatic carbocycles. The van der Waals surface area contributed by atoms with Crippen molar-refractivity contribution >= 4 is 15.4 Å². The van der Waals surface area contributed by atoms with Crippen molar-refractivity contribution in [2.24, 2.45) is 5.92 Å². The van der Waals surface area contributed by atoms with Gasteiger partial charge in [-0.1, -0.05) is 53.8 Å². The van der Waals surface area contributed by atoms with Gasteiger partial charge in [-0.25, -0.2) is 0 Å². The van der Waals surface area contributed by atoms with Crippen LogP contribution in [0.4, 0.5) is 0 Å². The van der Waals surface area contributed by atoms with E-state index in [1.807, 2.05) is 6.07 Å². The monoisotopic (exact) mass is 183 g/mol. The Hall–Kier alpha value is -1.08. The number of hydrogen-bond donors (Lipinski definition) is 0. The summed E-state index contributed by atoms with van der Waals surface area (Å²) in [4.78, 5) is 0. The minimum Gasteiger partial charge on any atom is -0.0773 e. The van der Waals surface area contributed by atoms with Crippen LogP contribution in [0.5, 0.6) is 0 Å². The third-order valence-corrected chi connectivity index (χ3v) is 2.79.